The third kappa shape index (κ3) is 9.84. The van der Waals surface area contributed by atoms with Crippen molar-refractivity contribution < 1.29 is 14.3 Å². The van der Waals surface area contributed by atoms with Crippen LogP contribution in [-0.4, -0.2) is 136 Å². The maximum absolute atomic E-state index is 12.0. The van der Waals surface area contributed by atoms with Gasteiger partial charge in [0.2, 0.25) is 11.8 Å². The summed E-state index contributed by atoms with van der Waals surface area (Å²) >= 11 is 0. The fourth-order valence-corrected chi connectivity index (χ4v) is 3.57. The van der Waals surface area contributed by atoms with E-state index >= 15 is 0 Å². The molecule has 2 rings (SSSR count). The first-order chi connectivity index (χ1) is 14.8. The van der Waals surface area contributed by atoms with Gasteiger partial charge in [-0.1, -0.05) is 0 Å². The summed E-state index contributed by atoms with van der Waals surface area (Å²) in [5, 5.41) is 6.40. The highest BCUT2D eigenvalue weighted by Crippen LogP contribution is 2.03. The second-order valence-corrected chi connectivity index (χ2v) is 8.65. The van der Waals surface area contributed by atoms with Crippen molar-refractivity contribution in [3.63, 3.8) is 0 Å². The van der Waals surface area contributed by atoms with E-state index in [1.54, 1.807) is 19.0 Å². The number of rotatable bonds is 9. The van der Waals surface area contributed by atoms with Gasteiger partial charge in [0.1, 0.15) is 6.54 Å². The van der Waals surface area contributed by atoms with E-state index in [0.717, 1.165) is 78.0 Å². The Morgan fingerprint density at radius 1 is 1.03 bits per heavy atom. The van der Waals surface area contributed by atoms with Crippen molar-refractivity contribution in [1.29, 1.82) is 0 Å². The monoisotopic (exact) mass is 439 g/mol. The summed E-state index contributed by atoms with van der Waals surface area (Å²) in [5.74, 6) is 0.829. The van der Waals surface area contributed by atoms with Crippen molar-refractivity contribution in [2.24, 2.45) is 4.99 Å². The van der Waals surface area contributed by atoms with Crippen LogP contribution >= 0.6 is 0 Å². The smallest absolute Gasteiger partial charge is 0.243 e. The second kappa shape index (κ2) is 13.5. The quantitative estimate of drug-likeness (QED) is 0.267. The zero-order valence-electron chi connectivity index (χ0n) is 19.7. The van der Waals surface area contributed by atoms with Gasteiger partial charge in [-0.2, -0.15) is 0 Å². The van der Waals surface area contributed by atoms with Crippen molar-refractivity contribution in [1.82, 2.24) is 30.2 Å². The molecule has 10 heteroatoms. The number of nitrogens with one attached hydrogen (secondary N) is 2. The number of nitrogens with zero attached hydrogens (tertiary/aromatic N) is 5. The summed E-state index contributed by atoms with van der Waals surface area (Å²) < 4.78 is 5.40. The molecule has 0 saturated carbocycles. The predicted octanol–water partition coefficient (Wildman–Crippen LogP) is -1.12. The minimum atomic E-state index is -0.0170. The molecule has 0 spiro atoms. The molecule has 178 valence electrons. The molecule has 2 saturated heterocycles. The SMILES string of the molecule is CC(C)NC(=O)CN1CCN(C(=NCC(=O)N(C)C)NCCCN2CCOCC2)CC1. The number of piperazine rings is 1. The Morgan fingerprint density at radius 2 is 1.71 bits per heavy atom. The van der Waals surface area contributed by atoms with Gasteiger partial charge in [-0.05, 0) is 26.8 Å². The Hall–Kier alpha value is -1.91. The van der Waals surface area contributed by atoms with Gasteiger partial charge >= 0.3 is 0 Å². The molecular formula is C21H41N7O3. The first-order valence-corrected chi connectivity index (χ1v) is 11.4. The van der Waals surface area contributed by atoms with E-state index in [-0.39, 0.29) is 24.4 Å². The minimum Gasteiger partial charge on any atom is -0.379 e. The van der Waals surface area contributed by atoms with Gasteiger partial charge in [-0.3, -0.25) is 19.4 Å². The Morgan fingerprint density at radius 3 is 2.32 bits per heavy atom. The first kappa shape index (κ1) is 25.4. The Kier molecular flexibility index (Phi) is 11.0. The lowest BCUT2D eigenvalue weighted by Gasteiger charge is -2.36. The van der Waals surface area contributed by atoms with Crippen LogP contribution in [0.4, 0.5) is 0 Å². The number of aliphatic imine (C=N–C) groups is 1. The van der Waals surface area contributed by atoms with E-state index < -0.39 is 0 Å². The van der Waals surface area contributed by atoms with Crippen molar-refractivity contribution >= 4 is 17.8 Å². The van der Waals surface area contributed by atoms with Crippen LogP contribution < -0.4 is 10.6 Å². The molecule has 2 fully saturated rings. The minimum absolute atomic E-state index is 0.0170. The summed E-state index contributed by atoms with van der Waals surface area (Å²) in [6.07, 6.45) is 1.01. The van der Waals surface area contributed by atoms with Crippen LogP contribution in [0.2, 0.25) is 0 Å². The number of ether oxygens (including phenoxy) is 1. The number of likely N-dealkylation sites (N-methyl/N-ethyl adjacent to an activating group) is 1. The number of carbonyl (C=O) groups excluding carboxylic acids is 2. The highest BCUT2D eigenvalue weighted by molar-refractivity contribution is 5.85. The Labute approximate surface area is 186 Å². The zero-order chi connectivity index (χ0) is 22.6. The highest BCUT2D eigenvalue weighted by Gasteiger charge is 2.22. The van der Waals surface area contributed by atoms with Crippen LogP contribution in [0, 0.1) is 0 Å². The number of carbonyl (C=O) groups is 2. The van der Waals surface area contributed by atoms with E-state index in [1.165, 1.54) is 0 Å². The van der Waals surface area contributed by atoms with Crippen molar-refractivity contribution in [3.05, 3.63) is 0 Å². The maximum atomic E-state index is 12.0. The van der Waals surface area contributed by atoms with E-state index in [1.807, 2.05) is 13.8 Å². The third-order valence-corrected chi connectivity index (χ3v) is 5.39. The topological polar surface area (TPSA) is 92.8 Å². The van der Waals surface area contributed by atoms with Crippen molar-refractivity contribution in [2.75, 3.05) is 92.8 Å². The fraction of sp³-hybridized carbons (Fsp3) is 0.857. The van der Waals surface area contributed by atoms with Crippen molar-refractivity contribution in [2.45, 2.75) is 26.3 Å². The lowest BCUT2D eigenvalue weighted by atomic mass is 10.3. The van der Waals surface area contributed by atoms with Gasteiger partial charge in [-0.25, -0.2) is 4.99 Å². The van der Waals surface area contributed by atoms with Gasteiger partial charge in [-0.15, -0.1) is 0 Å². The van der Waals surface area contributed by atoms with Gasteiger partial charge in [0, 0.05) is 66.0 Å². The number of hydrogen-bond donors (Lipinski definition) is 2. The summed E-state index contributed by atoms with van der Waals surface area (Å²) in [5.41, 5.74) is 0. The largest absolute Gasteiger partial charge is 0.379 e. The van der Waals surface area contributed by atoms with Crippen LogP contribution in [0.25, 0.3) is 0 Å². The van der Waals surface area contributed by atoms with Crippen LogP contribution in [0.15, 0.2) is 4.99 Å². The standard InChI is InChI=1S/C21H41N7O3/c1-18(2)24-19(29)17-27-8-10-28(11-9-27)21(23-16-20(30)25(3)4)22-6-5-7-26-12-14-31-15-13-26/h18H,5-17H2,1-4H3,(H,22,23)(H,24,29). The van der Waals surface area contributed by atoms with E-state index in [0.29, 0.717) is 6.54 Å². The van der Waals surface area contributed by atoms with Gasteiger partial charge in [0.25, 0.3) is 0 Å². The zero-order valence-corrected chi connectivity index (χ0v) is 19.7. The van der Waals surface area contributed by atoms with Gasteiger partial charge < -0.3 is 25.2 Å². The second-order valence-electron chi connectivity index (χ2n) is 8.65. The average Bonchev–Trinajstić information content (AvgIpc) is 2.73. The maximum Gasteiger partial charge on any atom is 0.243 e. The molecule has 2 amide bonds. The lowest BCUT2D eigenvalue weighted by Crippen LogP contribution is -2.54. The van der Waals surface area contributed by atoms with E-state index in [4.69, 9.17) is 4.74 Å². The molecule has 2 aliphatic rings. The third-order valence-electron chi connectivity index (χ3n) is 5.39. The molecule has 0 aromatic carbocycles. The van der Waals surface area contributed by atoms with Crippen LogP contribution in [-0.2, 0) is 14.3 Å². The number of hydrogen-bond acceptors (Lipinski definition) is 6. The Balaban J connectivity index is 1.82. The predicted molar refractivity (Wildman–Crippen MR) is 122 cm³/mol. The number of amides is 2. The first-order valence-electron chi connectivity index (χ1n) is 11.4. The summed E-state index contributed by atoms with van der Waals surface area (Å²) in [7, 11) is 3.49. The molecule has 31 heavy (non-hydrogen) atoms. The molecule has 2 heterocycles. The molecule has 0 atom stereocenters. The summed E-state index contributed by atoms with van der Waals surface area (Å²) in [4.78, 5) is 37.0. The molecule has 0 unspecified atom stereocenters. The molecule has 10 nitrogen and oxygen atoms in total. The van der Waals surface area contributed by atoms with Gasteiger partial charge in [0.15, 0.2) is 5.96 Å². The molecule has 0 aliphatic carbocycles. The molecule has 2 aliphatic heterocycles. The molecule has 2 N–H and O–H groups in total. The van der Waals surface area contributed by atoms with Crippen LogP contribution in [0.5, 0.6) is 0 Å². The van der Waals surface area contributed by atoms with Gasteiger partial charge in [0.05, 0.1) is 19.8 Å². The molecule has 0 bridgehead atoms. The summed E-state index contributed by atoms with van der Waals surface area (Å²) in [6, 6.07) is 0.156. The highest BCUT2D eigenvalue weighted by atomic mass is 16.5. The number of guanidine groups is 1. The van der Waals surface area contributed by atoms with Crippen LogP contribution in [0.3, 0.4) is 0 Å². The molecule has 0 aromatic rings. The van der Waals surface area contributed by atoms with E-state index in [9.17, 15) is 9.59 Å². The Bertz CT molecular complexity index is 584. The van der Waals surface area contributed by atoms with Crippen LogP contribution in [0.1, 0.15) is 20.3 Å². The molecule has 0 aromatic heterocycles. The summed E-state index contributed by atoms with van der Waals surface area (Å²) in [6.45, 7) is 13.1. The average molecular weight is 440 g/mol. The fourth-order valence-electron chi connectivity index (χ4n) is 3.57. The molecule has 0 radical (unpaired) electrons. The van der Waals surface area contributed by atoms with E-state index in [2.05, 4.69) is 30.3 Å². The van der Waals surface area contributed by atoms with Crippen molar-refractivity contribution in [3.8, 4) is 0 Å². The number of morpholine rings is 1. The normalized spacial score (nSPS) is 18.9. The molecular weight excluding hydrogens is 398 g/mol. The lowest BCUT2D eigenvalue weighted by molar-refractivity contribution is -0.127.